The third-order valence-corrected chi connectivity index (χ3v) is 5.48. The Labute approximate surface area is 169 Å². The highest BCUT2D eigenvalue weighted by Gasteiger charge is 2.29. The number of aromatic nitrogens is 1. The molecule has 0 aliphatic carbocycles. The Morgan fingerprint density at radius 3 is 2.66 bits per heavy atom. The number of benzene rings is 2. The van der Waals surface area contributed by atoms with Crippen LogP contribution in [0.5, 0.6) is 5.75 Å². The molecule has 29 heavy (non-hydrogen) atoms. The zero-order chi connectivity index (χ0) is 20.4. The summed E-state index contributed by atoms with van der Waals surface area (Å²) in [6.07, 6.45) is 1.17. The molecule has 0 unspecified atom stereocenters. The lowest BCUT2D eigenvalue weighted by Crippen LogP contribution is -2.30. The van der Waals surface area contributed by atoms with Gasteiger partial charge in [-0.2, -0.15) is 0 Å². The first-order valence-electron chi connectivity index (χ1n) is 9.65. The summed E-state index contributed by atoms with van der Waals surface area (Å²) in [6, 6.07) is 16.8. The van der Waals surface area contributed by atoms with Gasteiger partial charge < -0.3 is 15.4 Å². The molecule has 1 fully saturated rings. The van der Waals surface area contributed by atoms with Crippen LogP contribution in [0.1, 0.15) is 34.0 Å². The Hall–Kier alpha value is -3.41. The van der Waals surface area contributed by atoms with E-state index in [2.05, 4.69) is 0 Å². The van der Waals surface area contributed by atoms with E-state index < -0.39 is 5.91 Å². The molecule has 0 spiro atoms. The molecule has 6 heteroatoms. The molecule has 6 nitrogen and oxygen atoms in total. The number of carbonyl (C=O) groups excluding carboxylic acids is 2. The van der Waals surface area contributed by atoms with Crippen LogP contribution in [0.15, 0.2) is 54.6 Å². The zero-order valence-corrected chi connectivity index (χ0v) is 16.3. The fourth-order valence-corrected chi connectivity index (χ4v) is 3.87. The van der Waals surface area contributed by atoms with Gasteiger partial charge in [0, 0.05) is 30.1 Å². The smallest absolute Gasteiger partial charge is 0.249 e. The maximum atomic E-state index is 12.7. The van der Waals surface area contributed by atoms with Gasteiger partial charge in [-0.3, -0.25) is 14.6 Å². The number of ether oxygens (including phenoxy) is 1. The molecule has 0 bridgehead atoms. The van der Waals surface area contributed by atoms with Crippen molar-refractivity contribution in [3.63, 3.8) is 0 Å². The summed E-state index contributed by atoms with van der Waals surface area (Å²) in [6.45, 7) is 1.28. The number of pyridine rings is 1. The molecule has 0 saturated carbocycles. The molecule has 2 aromatic carbocycles. The first-order chi connectivity index (χ1) is 14.0. The van der Waals surface area contributed by atoms with Crippen molar-refractivity contribution in [2.75, 3.05) is 20.2 Å². The standard InChI is InChI=1S/C23H23N3O3/c1-29-17-8-6-15(7-9-17)12-22(27)26-11-10-16(14-26)21-13-19(23(24)28)18-4-2-3-5-20(18)25-21/h2-9,13,16H,10-12,14H2,1H3,(H2,24,28)/t16-/m0/s1. The van der Waals surface area contributed by atoms with Gasteiger partial charge in [0.2, 0.25) is 11.8 Å². The molecule has 2 N–H and O–H groups in total. The van der Waals surface area contributed by atoms with Crippen molar-refractivity contribution in [2.24, 2.45) is 5.73 Å². The molecule has 148 valence electrons. The topological polar surface area (TPSA) is 85.5 Å². The average molecular weight is 389 g/mol. The molecule has 2 amide bonds. The van der Waals surface area contributed by atoms with E-state index in [0.717, 1.165) is 34.3 Å². The second-order valence-corrected chi connectivity index (χ2v) is 7.33. The monoisotopic (exact) mass is 389 g/mol. The SMILES string of the molecule is COc1ccc(CC(=O)N2CC[C@H](c3cc(C(N)=O)c4ccccc4n3)C2)cc1. The Morgan fingerprint density at radius 1 is 1.17 bits per heavy atom. The molecular formula is C23H23N3O3. The van der Waals surface area contributed by atoms with Crippen molar-refractivity contribution in [3.05, 3.63) is 71.4 Å². The van der Waals surface area contributed by atoms with Crippen molar-refractivity contribution >= 4 is 22.7 Å². The molecule has 3 aromatic rings. The normalized spacial score (nSPS) is 16.2. The zero-order valence-electron chi connectivity index (χ0n) is 16.3. The van der Waals surface area contributed by atoms with E-state index in [1.807, 2.05) is 53.4 Å². The van der Waals surface area contributed by atoms with E-state index in [4.69, 9.17) is 15.5 Å². The minimum atomic E-state index is -0.463. The van der Waals surface area contributed by atoms with E-state index >= 15 is 0 Å². The molecule has 0 radical (unpaired) electrons. The van der Waals surface area contributed by atoms with E-state index in [0.29, 0.717) is 25.1 Å². The summed E-state index contributed by atoms with van der Waals surface area (Å²) >= 11 is 0. The molecule has 4 rings (SSSR count). The fourth-order valence-electron chi connectivity index (χ4n) is 3.87. The van der Waals surface area contributed by atoms with E-state index in [-0.39, 0.29) is 11.8 Å². The van der Waals surface area contributed by atoms with Crippen LogP contribution in [-0.4, -0.2) is 41.9 Å². The van der Waals surface area contributed by atoms with Crippen LogP contribution in [0.2, 0.25) is 0 Å². The van der Waals surface area contributed by atoms with Crippen molar-refractivity contribution in [1.29, 1.82) is 0 Å². The lowest BCUT2D eigenvalue weighted by atomic mass is 9.99. The second-order valence-electron chi connectivity index (χ2n) is 7.33. The predicted octanol–water partition coefficient (Wildman–Crippen LogP) is 2.90. The highest BCUT2D eigenvalue weighted by Crippen LogP contribution is 2.29. The Kier molecular flexibility index (Phi) is 5.16. The van der Waals surface area contributed by atoms with E-state index in [1.165, 1.54) is 0 Å². The number of nitrogens with two attached hydrogens (primary N) is 1. The molecule has 2 heterocycles. The number of fused-ring (bicyclic) bond motifs is 1. The minimum absolute atomic E-state index is 0.0913. The Balaban J connectivity index is 1.50. The summed E-state index contributed by atoms with van der Waals surface area (Å²) in [4.78, 5) is 31.3. The first-order valence-corrected chi connectivity index (χ1v) is 9.65. The molecule has 1 saturated heterocycles. The van der Waals surface area contributed by atoms with Crippen LogP contribution >= 0.6 is 0 Å². The Morgan fingerprint density at radius 2 is 1.93 bits per heavy atom. The molecular weight excluding hydrogens is 366 g/mol. The predicted molar refractivity (Wildman–Crippen MR) is 111 cm³/mol. The number of hydrogen-bond acceptors (Lipinski definition) is 4. The van der Waals surface area contributed by atoms with Crippen molar-refractivity contribution < 1.29 is 14.3 Å². The molecule has 1 atom stereocenters. The summed E-state index contributed by atoms with van der Waals surface area (Å²) in [5, 5.41) is 0.759. The van der Waals surface area contributed by atoms with Gasteiger partial charge >= 0.3 is 0 Å². The number of hydrogen-bond donors (Lipinski definition) is 1. The van der Waals surface area contributed by atoms with Crippen molar-refractivity contribution in [3.8, 4) is 5.75 Å². The number of rotatable bonds is 5. The quantitative estimate of drug-likeness (QED) is 0.727. The van der Waals surface area contributed by atoms with Gasteiger partial charge in [0.05, 0.1) is 24.6 Å². The van der Waals surface area contributed by atoms with Crippen LogP contribution in [0, 0.1) is 0 Å². The van der Waals surface area contributed by atoms with Crippen LogP contribution in [0.3, 0.4) is 0 Å². The number of amides is 2. The van der Waals surface area contributed by atoms with Gasteiger partial charge in [0.1, 0.15) is 5.75 Å². The van der Waals surface area contributed by atoms with Crippen molar-refractivity contribution in [2.45, 2.75) is 18.8 Å². The van der Waals surface area contributed by atoms with Crippen LogP contribution in [0.4, 0.5) is 0 Å². The van der Waals surface area contributed by atoms with E-state index in [9.17, 15) is 9.59 Å². The number of carbonyl (C=O) groups is 2. The largest absolute Gasteiger partial charge is 0.497 e. The number of para-hydroxylation sites is 1. The van der Waals surface area contributed by atoms with Crippen molar-refractivity contribution in [1.82, 2.24) is 9.88 Å². The highest BCUT2D eigenvalue weighted by atomic mass is 16.5. The number of nitrogens with zero attached hydrogens (tertiary/aromatic N) is 2. The minimum Gasteiger partial charge on any atom is -0.497 e. The summed E-state index contributed by atoms with van der Waals surface area (Å²) < 4.78 is 5.16. The summed E-state index contributed by atoms with van der Waals surface area (Å²) in [5.41, 5.74) is 8.60. The first kappa shape index (κ1) is 18.9. The maximum Gasteiger partial charge on any atom is 0.249 e. The second kappa shape index (κ2) is 7.91. The van der Waals surface area contributed by atoms with E-state index in [1.54, 1.807) is 13.2 Å². The molecule has 1 aliphatic heterocycles. The van der Waals surface area contributed by atoms with Crippen LogP contribution in [-0.2, 0) is 11.2 Å². The average Bonchev–Trinajstić information content (AvgIpc) is 3.24. The summed E-state index contributed by atoms with van der Waals surface area (Å²) in [7, 11) is 1.62. The number of likely N-dealkylation sites (tertiary alicyclic amines) is 1. The third kappa shape index (κ3) is 3.92. The molecule has 1 aliphatic rings. The summed E-state index contributed by atoms with van der Waals surface area (Å²) in [5.74, 6) is 0.497. The lowest BCUT2D eigenvalue weighted by Gasteiger charge is -2.17. The number of primary amides is 1. The van der Waals surface area contributed by atoms with Gasteiger partial charge in [-0.05, 0) is 36.2 Å². The van der Waals surface area contributed by atoms with Gasteiger partial charge in [0.15, 0.2) is 0 Å². The van der Waals surface area contributed by atoms with Gasteiger partial charge in [-0.25, -0.2) is 0 Å². The van der Waals surface area contributed by atoms with Gasteiger partial charge in [-0.15, -0.1) is 0 Å². The Bertz CT molecular complexity index is 1060. The number of methoxy groups -OCH3 is 1. The van der Waals surface area contributed by atoms with Crippen LogP contribution < -0.4 is 10.5 Å². The van der Waals surface area contributed by atoms with Crippen LogP contribution in [0.25, 0.3) is 10.9 Å². The van der Waals surface area contributed by atoms with Gasteiger partial charge in [0.25, 0.3) is 0 Å². The highest BCUT2D eigenvalue weighted by molar-refractivity contribution is 6.05. The van der Waals surface area contributed by atoms with Gasteiger partial charge in [-0.1, -0.05) is 30.3 Å². The molecule has 1 aromatic heterocycles. The third-order valence-electron chi connectivity index (χ3n) is 5.48. The lowest BCUT2D eigenvalue weighted by molar-refractivity contribution is -0.129. The maximum absolute atomic E-state index is 12.7. The fraction of sp³-hybridized carbons (Fsp3) is 0.261.